The van der Waals surface area contributed by atoms with Crippen LogP contribution in [0.25, 0.3) is 0 Å². The zero-order chi connectivity index (χ0) is 40.4. The van der Waals surface area contributed by atoms with E-state index in [2.05, 4.69) is 46.9 Å². The average Bonchev–Trinajstić information content (AvgIpc) is 3.42. The third-order valence-corrected chi connectivity index (χ3v) is 9.11. The Labute approximate surface area is 318 Å². The SMILES string of the molecule is CC(C)[C@H](NC(=O)CCCCCN1C(=O)C=CC1=O)C(=O)N[C@@H](CCCCNC(N)=O)C(=O)Nc1ccc(COC(=O)N(C)CCN(C)C(C)(C)C)cc1. The van der Waals surface area contributed by atoms with Crippen LogP contribution in [0.15, 0.2) is 36.4 Å². The van der Waals surface area contributed by atoms with Gasteiger partial charge in [0.15, 0.2) is 0 Å². The van der Waals surface area contributed by atoms with Crippen LogP contribution in [0, 0.1) is 5.92 Å². The van der Waals surface area contributed by atoms with E-state index in [-0.39, 0.29) is 55.2 Å². The molecule has 300 valence electrons. The van der Waals surface area contributed by atoms with Crippen LogP contribution in [0.4, 0.5) is 15.3 Å². The number of carbonyl (C=O) groups excluding carboxylic acids is 7. The summed E-state index contributed by atoms with van der Waals surface area (Å²) in [5.41, 5.74) is 6.32. The second-order valence-electron chi connectivity index (χ2n) is 14.9. The molecule has 8 amide bonds. The van der Waals surface area contributed by atoms with E-state index in [0.717, 1.165) is 10.5 Å². The topological polar surface area (TPSA) is 213 Å². The first-order valence-electron chi connectivity index (χ1n) is 18.5. The predicted octanol–water partition coefficient (Wildman–Crippen LogP) is 2.87. The Balaban J connectivity index is 1.95. The lowest BCUT2D eigenvalue weighted by molar-refractivity contribution is -0.137. The van der Waals surface area contributed by atoms with Gasteiger partial charge in [-0.2, -0.15) is 0 Å². The number of urea groups is 1. The molecule has 0 radical (unpaired) electrons. The number of unbranched alkanes of at least 4 members (excludes halogenated alkanes) is 3. The van der Waals surface area contributed by atoms with E-state index in [1.54, 1.807) is 45.2 Å². The number of primary amides is 1. The molecule has 1 aromatic carbocycles. The van der Waals surface area contributed by atoms with Crippen LogP contribution in [-0.2, 0) is 35.3 Å². The van der Waals surface area contributed by atoms with Crippen molar-refractivity contribution in [1.82, 2.24) is 30.7 Å². The fourth-order valence-corrected chi connectivity index (χ4v) is 5.28. The number of benzene rings is 1. The summed E-state index contributed by atoms with van der Waals surface area (Å²) in [5.74, 6) is -2.28. The summed E-state index contributed by atoms with van der Waals surface area (Å²) in [4.78, 5) is 91.6. The third-order valence-electron chi connectivity index (χ3n) is 9.11. The van der Waals surface area contributed by atoms with E-state index >= 15 is 0 Å². The van der Waals surface area contributed by atoms with E-state index < -0.39 is 36.0 Å². The standard InChI is InChI=1S/C38H60N8O8/c1-26(2)33(43-30(47)14-9-8-12-22-46-31(48)19-20-32(46)49)35(51)42-29(13-10-11-21-40-36(39)52)34(50)41-28-17-15-27(16-18-28)25-54-37(53)44(6)23-24-45(7)38(3,4)5/h15-20,26,29,33H,8-14,21-25H2,1-7H3,(H,41,50)(H,42,51)(H,43,47)(H3,39,40,52)/t29-,33-/m0/s1. The van der Waals surface area contributed by atoms with Crippen molar-refractivity contribution in [2.45, 2.75) is 104 Å². The molecule has 16 heteroatoms. The number of nitrogens with zero attached hydrogens (tertiary/aromatic N) is 3. The minimum Gasteiger partial charge on any atom is -0.445 e. The quantitative estimate of drug-likeness (QED) is 0.0868. The van der Waals surface area contributed by atoms with Crippen molar-refractivity contribution in [3.8, 4) is 0 Å². The molecule has 1 aliphatic heterocycles. The van der Waals surface area contributed by atoms with Gasteiger partial charge in [0.1, 0.15) is 18.7 Å². The van der Waals surface area contributed by atoms with Crippen LogP contribution in [0.2, 0.25) is 0 Å². The van der Waals surface area contributed by atoms with Crippen LogP contribution in [0.3, 0.4) is 0 Å². The number of nitrogens with one attached hydrogen (secondary N) is 4. The molecular weight excluding hydrogens is 696 g/mol. The van der Waals surface area contributed by atoms with Gasteiger partial charge in [-0.3, -0.25) is 33.8 Å². The van der Waals surface area contributed by atoms with Crippen molar-refractivity contribution in [3.05, 3.63) is 42.0 Å². The zero-order valence-corrected chi connectivity index (χ0v) is 32.9. The van der Waals surface area contributed by atoms with Gasteiger partial charge in [-0.1, -0.05) is 32.4 Å². The molecule has 0 fully saturated rings. The van der Waals surface area contributed by atoms with Gasteiger partial charge in [0.05, 0.1) is 0 Å². The summed E-state index contributed by atoms with van der Waals surface area (Å²) in [6.07, 6.45) is 5.07. The Bertz CT molecular complexity index is 1460. The molecule has 1 heterocycles. The number of hydrogen-bond donors (Lipinski definition) is 5. The lowest BCUT2D eigenvalue weighted by Gasteiger charge is -2.33. The number of hydrogen-bond acceptors (Lipinski definition) is 9. The predicted molar refractivity (Wildman–Crippen MR) is 205 cm³/mol. The monoisotopic (exact) mass is 756 g/mol. The Kier molecular flexibility index (Phi) is 18.6. The normalized spacial score (nSPS) is 13.8. The third kappa shape index (κ3) is 16.4. The first-order chi connectivity index (χ1) is 25.4. The van der Waals surface area contributed by atoms with Crippen LogP contribution < -0.4 is 27.0 Å². The largest absolute Gasteiger partial charge is 0.445 e. The molecule has 1 aromatic rings. The van der Waals surface area contributed by atoms with Crippen molar-refractivity contribution in [3.63, 3.8) is 0 Å². The maximum absolute atomic E-state index is 13.5. The molecule has 0 bridgehead atoms. The summed E-state index contributed by atoms with van der Waals surface area (Å²) in [6, 6.07) is 4.29. The van der Waals surface area contributed by atoms with Crippen molar-refractivity contribution in [2.75, 3.05) is 45.6 Å². The van der Waals surface area contributed by atoms with E-state index in [0.29, 0.717) is 57.4 Å². The lowest BCUT2D eigenvalue weighted by Crippen LogP contribution is -2.54. The van der Waals surface area contributed by atoms with Gasteiger partial charge in [0.2, 0.25) is 17.7 Å². The molecule has 0 aliphatic carbocycles. The number of imide groups is 1. The molecule has 0 spiro atoms. The van der Waals surface area contributed by atoms with Crippen LogP contribution in [0.1, 0.15) is 85.1 Å². The Morgan fingerprint density at radius 2 is 1.50 bits per heavy atom. The molecule has 6 N–H and O–H groups in total. The lowest BCUT2D eigenvalue weighted by atomic mass is 10.0. The number of nitrogens with two attached hydrogens (primary N) is 1. The van der Waals surface area contributed by atoms with Crippen molar-refractivity contribution < 1.29 is 38.3 Å². The minimum atomic E-state index is -0.955. The maximum Gasteiger partial charge on any atom is 0.409 e. The highest BCUT2D eigenvalue weighted by Gasteiger charge is 2.29. The Hall–Kier alpha value is -4.99. The molecule has 0 saturated heterocycles. The van der Waals surface area contributed by atoms with Gasteiger partial charge >= 0.3 is 12.1 Å². The number of carbonyl (C=O) groups is 7. The van der Waals surface area contributed by atoms with Gasteiger partial charge in [-0.05, 0) is 83.5 Å². The molecular formula is C38H60N8O8. The fourth-order valence-electron chi connectivity index (χ4n) is 5.28. The Morgan fingerprint density at radius 1 is 0.852 bits per heavy atom. The zero-order valence-electron chi connectivity index (χ0n) is 32.9. The summed E-state index contributed by atoms with van der Waals surface area (Å²) >= 11 is 0. The van der Waals surface area contributed by atoms with Crippen molar-refractivity contribution >= 4 is 47.3 Å². The number of amides is 8. The first-order valence-corrected chi connectivity index (χ1v) is 18.5. The second-order valence-corrected chi connectivity index (χ2v) is 14.9. The molecule has 16 nitrogen and oxygen atoms in total. The highest BCUT2D eigenvalue weighted by Crippen LogP contribution is 2.15. The maximum atomic E-state index is 13.5. The second kappa shape index (κ2) is 22.3. The summed E-state index contributed by atoms with van der Waals surface area (Å²) < 4.78 is 5.46. The first kappa shape index (κ1) is 45.2. The number of anilines is 1. The van der Waals surface area contributed by atoms with Gasteiger partial charge in [0, 0.05) is 63.0 Å². The van der Waals surface area contributed by atoms with E-state index in [9.17, 15) is 33.6 Å². The summed E-state index contributed by atoms with van der Waals surface area (Å²) in [5, 5.41) is 10.9. The van der Waals surface area contributed by atoms with Crippen LogP contribution in [0.5, 0.6) is 0 Å². The average molecular weight is 757 g/mol. The smallest absolute Gasteiger partial charge is 0.409 e. The molecule has 0 unspecified atom stereocenters. The van der Waals surface area contributed by atoms with E-state index in [1.165, 1.54) is 17.1 Å². The Morgan fingerprint density at radius 3 is 2.09 bits per heavy atom. The molecule has 2 rings (SSSR count). The highest BCUT2D eigenvalue weighted by atomic mass is 16.6. The van der Waals surface area contributed by atoms with Gasteiger partial charge < -0.3 is 36.6 Å². The highest BCUT2D eigenvalue weighted by molar-refractivity contribution is 6.12. The van der Waals surface area contributed by atoms with Crippen LogP contribution >= 0.6 is 0 Å². The van der Waals surface area contributed by atoms with Gasteiger partial charge in [-0.25, -0.2) is 9.59 Å². The summed E-state index contributed by atoms with van der Waals surface area (Å²) in [7, 11) is 3.69. The fraction of sp³-hybridized carbons (Fsp3) is 0.605. The molecule has 1 aliphatic rings. The van der Waals surface area contributed by atoms with E-state index in [1.807, 2.05) is 7.05 Å². The molecule has 2 atom stereocenters. The van der Waals surface area contributed by atoms with Gasteiger partial charge in [-0.15, -0.1) is 0 Å². The van der Waals surface area contributed by atoms with Gasteiger partial charge in [0.25, 0.3) is 11.8 Å². The van der Waals surface area contributed by atoms with Crippen molar-refractivity contribution in [1.29, 1.82) is 0 Å². The molecule has 54 heavy (non-hydrogen) atoms. The number of rotatable bonds is 22. The van der Waals surface area contributed by atoms with Crippen molar-refractivity contribution in [2.24, 2.45) is 11.7 Å². The molecule has 0 saturated carbocycles. The number of likely N-dealkylation sites (N-methyl/N-ethyl adjacent to an activating group) is 2. The van der Waals surface area contributed by atoms with E-state index in [4.69, 9.17) is 10.5 Å². The van der Waals surface area contributed by atoms with Crippen LogP contribution in [-0.4, -0.2) is 114 Å². The summed E-state index contributed by atoms with van der Waals surface area (Å²) in [6.45, 7) is 11.7. The minimum absolute atomic E-state index is 0.0192. The number of ether oxygens (including phenoxy) is 1. The molecule has 0 aromatic heterocycles.